The Morgan fingerprint density at radius 1 is 1.26 bits per heavy atom. The lowest BCUT2D eigenvalue weighted by atomic mass is 10.1. The van der Waals surface area contributed by atoms with Gasteiger partial charge in [-0.05, 0) is 31.0 Å². The first kappa shape index (κ1) is 19.0. The van der Waals surface area contributed by atoms with Gasteiger partial charge in [-0.2, -0.15) is 0 Å². The molecule has 0 spiro atoms. The summed E-state index contributed by atoms with van der Waals surface area (Å²) in [5.41, 5.74) is 1.99. The van der Waals surface area contributed by atoms with Crippen LogP contribution in [0.4, 0.5) is 15.0 Å². The third-order valence-corrected chi connectivity index (χ3v) is 4.54. The van der Waals surface area contributed by atoms with Crippen molar-refractivity contribution in [2.45, 2.75) is 26.1 Å². The minimum absolute atomic E-state index is 0.0884. The molecule has 0 bridgehead atoms. The number of aryl methyl sites for hydroxylation is 1. The Morgan fingerprint density at radius 2 is 2.00 bits per heavy atom. The van der Waals surface area contributed by atoms with Crippen LogP contribution in [0.3, 0.4) is 0 Å². The van der Waals surface area contributed by atoms with Crippen molar-refractivity contribution in [2.75, 3.05) is 24.6 Å². The number of halogens is 1. The highest BCUT2D eigenvalue weighted by atomic mass is 19.1. The van der Waals surface area contributed by atoms with Crippen molar-refractivity contribution >= 4 is 17.6 Å². The minimum atomic E-state index is -0.995. The molecule has 1 N–H and O–H groups in total. The van der Waals surface area contributed by atoms with Crippen LogP contribution in [-0.2, 0) is 6.54 Å². The third-order valence-electron chi connectivity index (χ3n) is 4.54. The second-order valence-corrected chi connectivity index (χ2v) is 6.62. The summed E-state index contributed by atoms with van der Waals surface area (Å²) in [6.45, 7) is 2.01. The predicted octanol–water partition coefficient (Wildman–Crippen LogP) is 2.74. The number of alkyl halides is 1. The van der Waals surface area contributed by atoms with Crippen LogP contribution in [-0.4, -0.2) is 52.7 Å². The molecular weight excluding hydrogens is 349 g/mol. The summed E-state index contributed by atoms with van der Waals surface area (Å²) in [7, 11) is 0. The molecule has 1 fully saturated rings. The number of hydrogen-bond donors (Lipinski definition) is 1. The maximum absolute atomic E-state index is 13.6. The molecule has 1 aromatic carbocycles. The molecule has 0 unspecified atom stereocenters. The molecule has 0 aliphatic carbocycles. The van der Waals surface area contributed by atoms with E-state index in [-0.39, 0.29) is 24.9 Å². The minimum Gasteiger partial charge on any atom is -0.388 e. The number of benzene rings is 1. The number of aromatic nitrogens is 1. The molecular formula is C20H22FN3O3. The maximum Gasteiger partial charge on any atom is 0.326 e. The van der Waals surface area contributed by atoms with Gasteiger partial charge in [0.2, 0.25) is 0 Å². The van der Waals surface area contributed by atoms with Gasteiger partial charge in [0.1, 0.15) is 18.6 Å². The van der Waals surface area contributed by atoms with E-state index in [9.17, 15) is 14.0 Å². The Hall–Kier alpha value is -2.80. The number of pyridine rings is 1. The highest BCUT2D eigenvalue weighted by Gasteiger charge is 2.30. The second-order valence-electron chi connectivity index (χ2n) is 6.62. The van der Waals surface area contributed by atoms with E-state index in [0.29, 0.717) is 24.3 Å². The number of amides is 2. The number of Topliss-reactive ketones (excluding diaryl/α,β-unsaturated/α-hetero) is 1. The van der Waals surface area contributed by atoms with E-state index in [4.69, 9.17) is 5.11 Å². The molecule has 1 saturated heterocycles. The van der Waals surface area contributed by atoms with Crippen LogP contribution in [0.25, 0.3) is 0 Å². The van der Waals surface area contributed by atoms with Gasteiger partial charge < -0.3 is 10.0 Å². The van der Waals surface area contributed by atoms with Gasteiger partial charge in [-0.15, -0.1) is 0 Å². The topological polar surface area (TPSA) is 73.7 Å². The van der Waals surface area contributed by atoms with Crippen molar-refractivity contribution in [3.63, 3.8) is 0 Å². The summed E-state index contributed by atoms with van der Waals surface area (Å²) in [5, 5.41) is 8.95. The van der Waals surface area contributed by atoms with E-state index in [1.807, 2.05) is 19.1 Å². The van der Waals surface area contributed by atoms with Gasteiger partial charge in [0.25, 0.3) is 0 Å². The summed E-state index contributed by atoms with van der Waals surface area (Å²) >= 11 is 0. The Balaban J connectivity index is 1.85. The molecule has 7 heteroatoms. The monoisotopic (exact) mass is 371 g/mol. The zero-order valence-corrected chi connectivity index (χ0v) is 15.1. The first-order chi connectivity index (χ1) is 13.0. The molecule has 0 radical (unpaired) electrons. The van der Waals surface area contributed by atoms with Crippen molar-refractivity contribution in [1.29, 1.82) is 0 Å². The van der Waals surface area contributed by atoms with Crippen molar-refractivity contribution in [2.24, 2.45) is 0 Å². The number of carbonyl (C=O) groups is 2. The number of aliphatic hydroxyl groups is 1. The number of hydrogen-bond acceptors (Lipinski definition) is 4. The van der Waals surface area contributed by atoms with E-state index in [2.05, 4.69) is 4.98 Å². The lowest BCUT2D eigenvalue weighted by Gasteiger charge is -2.27. The number of ketones is 1. The van der Waals surface area contributed by atoms with Gasteiger partial charge in [-0.3, -0.25) is 9.69 Å². The van der Waals surface area contributed by atoms with E-state index < -0.39 is 12.8 Å². The van der Waals surface area contributed by atoms with Crippen molar-refractivity contribution < 1.29 is 19.1 Å². The molecule has 1 aromatic heterocycles. The van der Waals surface area contributed by atoms with Gasteiger partial charge in [-0.1, -0.05) is 30.3 Å². The number of rotatable bonds is 5. The van der Waals surface area contributed by atoms with Crippen LogP contribution in [0.5, 0.6) is 0 Å². The quantitative estimate of drug-likeness (QED) is 0.820. The number of aliphatic hydroxyl groups excluding tert-OH is 1. The number of anilines is 1. The Bertz CT molecular complexity index is 825. The maximum atomic E-state index is 13.6. The standard InChI is InChI=1S/C20H22FN3O3/c1-14-3-2-4-19(22-14)24(20(27)23-10-9-17(21)12-23)11-15-5-7-16(8-6-15)18(26)13-25/h2-8,17,25H,9-13H2,1H3/t17-/m0/s1. The molecule has 142 valence electrons. The highest BCUT2D eigenvalue weighted by Crippen LogP contribution is 2.21. The fourth-order valence-electron chi connectivity index (χ4n) is 3.06. The van der Waals surface area contributed by atoms with Crippen LogP contribution in [0.2, 0.25) is 0 Å². The molecule has 1 atom stereocenters. The van der Waals surface area contributed by atoms with Crippen molar-refractivity contribution in [1.82, 2.24) is 9.88 Å². The van der Waals surface area contributed by atoms with Crippen LogP contribution in [0.1, 0.15) is 28.0 Å². The first-order valence-electron chi connectivity index (χ1n) is 8.85. The zero-order valence-electron chi connectivity index (χ0n) is 15.1. The first-order valence-corrected chi connectivity index (χ1v) is 8.85. The SMILES string of the molecule is Cc1cccc(N(Cc2ccc(C(=O)CO)cc2)C(=O)N2CC[C@H](F)C2)n1. The fraction of sp³-hybridized carbons (Fsp3) is 0.350. The molecule has 27 heavy (non-hydrogen) atoms. The zero-order chi connectivity index (χ0) is 19.4. The summed E-state index contributed by atoms with van der Waals surface area (Å²) in [5.74, 6) is 0.138. The van der Waals surface area contributed by atoms with Crippen LogP contribution < -0.4 is 4.90 Å². The lowest BCUT2D eigenvalue weighted by molar-refractivity contribution is 0.0903. The molecule has 0 saturated carbocycles. The summed E-state index contributed by atoms with van der Waals surface area (Å²) in [6.07, 6.45) is -0.649. The normalized spacial score (nSPS) is 16.4. The Labute approximate surface area is 157 Å². The highest BCUT2D eigenvalue weighted by molar-refractivity contribution is 5.97. The van der Waals surface area contributed by atoms with E-state index >= 15 is 0 Å². The van der Waals surface area contributed by atoms with Gasteiger partial charge in [0, 0.05) is 17.8 Å². The Morgan fingerprint density at radius 3 is 2.59 bits per heavy atom. The van der Waals surface area contributed by atoms with Crippen LogP contribution in [0.15, 0.2) is 42.5 Å². The van der Waals surface area contributed by atoms with Crippen LogP contribution >= 0.6 is 0 Å². The van der Waals surface area contributed by atoms with Gasteiger partial charge in [0.05, 0.1) is 13.1 Å². The number of likely N-dealkylation sites (tertiary alicyclic amines) is 1. The van der Waals surface area contributed by atoms with Gasteiger partial charge >= 0.3 is 6.03 Å². The average molecular weight is 371 g/mol. The Kier molecular flexibility index (Phi) is 5.81. The fourth-order valence-corrected chi connectivity index (χ4v) is 3.06. The van der Waals surface area contributed by atoms with E-state index in [1.54, 1.807) is 30.3 Å². The number of nitrogens with zero attached hydrogens (tertiary/aromatic N) is 3. The molecule has 2 amide bonds. The molecule has 1 aliphatic heterocycles. The van der Waals surface area contributed by atoms with Crippen molar-refractivity contribution in [3.8, 4) is 0 Å². The van der Waals surface area contributed by atoms with Gasteiger partial charge in [0.15, 0.2) is 5.78 Å². The number of urea groups is 1. The molecule has 2 heterocycles. The lowest BCUT2D eigenvalue weighted by Crippen LogP contribution is -2.42. The van der Waals surface area contributed by atoms with E-state index in [1.165, 1.54) is 9.80 Å². The smallest absolute Gasteiger partial charge is 0.326 e. The summed E-state index contributed by atoms with van der Waals surface area (Å²) in [4.78, 5) is 32.0. The molecule has 6 nitrogen and oxygen atoms in total. The molecule has 3 rings (SSSR count). The third kappa shape index (κ3) is 4.49. The average Bonchev–Trinajstić information content (AvgIpc) is 3.12. The summed E-state index contributed by atoms with van der Waals surface area (Å²) in [6, 6.07) is 11.8. The van der Waals surface area contributed by atoms with Gasteiger partial charge in [-0.25, -0.2) is 14.2 Å². The second kappa shape index (κ2) is 8.26. The molecule has 1 aliphatic rings. The summed E-state index contributed by atoms with van der Waals surface area (Å²) < 4.78 is 13.6. The predicted molar refractivity (Wildman–Crippen MR) is 99.5 cm³/mol. The van der Waals surface area contributed by atoms with E-state index in [0.717, 1.165) is 11.3 Å². The number of carbonyl (C=O) groups excluding carboxylic acids is 2. The molecule has 2 aromatic rings. The van der Waals surface area contributed by atoms with Crippen molar-refractivity contribution in [3.05, 3.63) is 59.3 Å². The largest absolute Gasteiger partial charge is 0.388 e. The van der Waals surface area contributed by atoms with Crippen LogP contribution in [0, 0.1) is 6.92 Å².